The van der Waals surface area contributed by atoms with E-state index in [0.717, 1.165) is 28.8 Å². The van der Waals surface area contributed by atoms with Crippen LogP contribution < -0.4 is 5.56 Å². The van der Waals surface area contributed by atoms with E-state index in [1.165, 1.54) is 17.0 Å². The number of pyridine rings is 1. The molecule has 0 amide bonds. The molecular weight excluding hydrogens is 399 g/mol. The summed E-state index contributed by atoms with van der Waals surface area (Å²) in [5, 5.41) is 7.31. The minimum atomic E-state index is -0.283. The van der Waals surface area contributed by atoms with Gasteiger partial charge in [0.2, 0.25) is 0 Å². The second-order valence-electron chi connectivity index (χ2n) is 7.12. The zero-order valence-electron chi connectivity index (χ0n) is 16.4. The number of aromatic nitrogens is 4. The van der Waals surface area contributed by atoms with Gasteiger partial charge in [-0.1, -0.05) is 25.1 Å². The van der Waals surface area contributed by atoms with Crippen LogP contribution in [0.1, 0.15) is 17.5 Å². The number of benzene rings is 1. The summed E-state index contributed by atoms with van der Waals surface area (Å²) < 4.78 is 16.9. The summed E-state index contributed by atoms with van der Waals surface area (Å²) in [6, 6.07) is 12.4. The molecule has 0 saturated heterocycles. The first-order valence-corrected chi connectivity index (χ1v) is 10.7. The predicted octanol–water partition coefficient (Wildman–Crippen LogP) is 4.72. The van der Waals surface area contributed by atoms with Crippen LogP contribution in [-0.4, -0.2) is 19.2 Å². The fourth-order valence-electron chi connectivity index (χ4n) is 3.78. The third kappa shape index (κ3) is 3.11. The Morgan fingerprint density at radius 3 is 2.70 bits per heavy atom. The van der Waals surface area contributed by atoms with Crippen molar-refractivity contribution in [2.24, 2.45) is 0 Å². The Labute approximate surface area is 176 Å². The molecule has 0 atom stereocenters. The highest BCUT2D eigenvalue weighted by molar-refractivity contribution is 7.09. The van der Waals surface area contributed by atoms with E-state index in [4.69, 9.17) is 5.10 Å². The monoisotopic (exact) mass is 418 g/mol. The van der Waals surface area contributed by atoms with E-state index in [9.17, 15) is 9.18 Å². The Kier molecular flexibility index (Phi) is 4.67. The number of fused-ring (bicyclic) bond motifs is 3. The molecule has 5 rings (SSSR count). The van der Waals surface area contributed by atoms with E-state index < -0.39 is 0 Å². The summed E-state index contributed by atoms with van der Waals surface area (Å²) >= 11 is 1.69. The summed E-state index contributed by atoms with van der Waals surface area (Å²) in [5.41, 5.74) is 3.92. The van der Waals surface area contributed by atoms with Gasteiger partial charge in [-0.2, -0.15) is 5.10 Å². The summed E-state index contributed by atoms with van der Waals surface area (Å²) in [4.78, 5) is 18.9. The van der Waals surface area contributed by atoms with E-state index in [2.05, 4.69) is 11.1 Å². The highest BCUT2D eigenvalue weighted by Gasteiger charge is 2.17. The average Bonchev–Trinajstić information content (AvgIpc) is 3.41. The Balaban J connectivity index is 1.64. The summed E-state index contributed by atoms with van der Waals surface area (Å²) in [6.07, 6.45) is 4.97. The van der Waals surface area contributed by atoms with Gasteiger partial charge < -0.3 is 4.57 Å². The lowest BCUT2D eigenvalue weighted by atomic mass is 10.0. The molecule has 0 spiro atoms. The van der Waals surface area contributed by atoms with Crippen molar-refractivity contribution in [3.05, 3.63) is 87.0 Å². The zero-order valence-corrected chi connectivity index (χ0v) is 17.2. The third-order valence-electron chi connectivity index (χ3n) is 5.30. The fourth-order valence-corrected chi connectivity index (χ4v) is 4.47. The summed E-state index contributed by atoms with van der Waals surface area (Å²) in [5.74, 6) is -0.283. The largest absolute Gasteiger partial charge is 0.314 e. The molecule has 0 bridgehead atoms. The Morgan fingerprint density at radius 2 is 1.97 bits per heavy atom. The lowest BCUT2D eigenvalue weighted by Crippen LogP contribution is -2.21. The first kappa shape index (κ1) is 18.7. The van der Waals surface area contributed by atoms with Gasteiger partial charge in [0.1, 0.15) is 5.82 Å². The maximum Gasteiger partial charge on any atom is 0.261 e. The number of aryl methyl sites for hydroxylation is 3. The van der Waals surface area contributed by atoms with Crippen molar-refractivity contribution < 1.29 is 4.39 Å². The van der Waals surface area contributed by atoms with Gasteiger partial charge in [0, 0.05) is 29.4 Å². The van der Waals surface area contributed by atoms with Crippen LogP contribution in [0.4, 0.5) is 4.39 Å². The molecule has 5 nitrogen and oxygen atoms in total. The number of thiophene rings is 1. The molecule has 1 aromatic carbocycles. The van der Waals surface area contributed by atoms with Gasteiger partial charge in [-0.3, -0.25) is 4.79 Å². The lowest BCUT2D eigenvalue weighted by Gasteiger charge is -2.07. The van der Waals surface area contributed by atoms with Crippen molar-refractivity contribution in [2.75, 3.05) is 0 Å². The SMILES string of the molecule is CCc1nn2c(ncc3c(=O)n(CCc4cccs4)ccc32)c1-c1ccc(F)cc1. The molecule has 0 N–H and O–H groups in total. The van der Waals surface area contributed by atoms with Crippen molar-refractivity contribution in [3.63, 3.8) is 0 Å². The number of nitrogens with zero attached hydrogens (tertiary/aromatic N) is 4. The van der Waals surface area contributed by atoms with Crippen LogP contribution in [0.25, 0.3) is 27.7 Å². The Hall–Kier alpha value is -3.32. The minimum absolute atomic E-state index is 0.0738. The molecule has 0 fully saturated rings. The van der Waals surface area contributed by atoms with Gasteiger partial charge in [-0.05, 0) is 48.1 Å². The minimum Gasteiger partial charge on any atom is -0.314 e. The predicted molar refractivity (Wildman–Crippen MR) is 118 cm³/mol. The van der Waals surface area contributed by atoms with Crippen LogP contribution in [0.15, 0.2) is 65.0 Å². The van der Waals surface area contributed by atoms with Crippen molar-refractivity contribution in [2.45, 2.75) is 26.3 Å². The van der Waals surface area contributed by atoms with E-state index in [1.54, 1.807) is 38.7 Å². The molecule has 4 aromatic heterocycles. The first-order valence-electron chi connectivity index (χ1n) is 9.84. The van der Waals surface area contributed by atoms with Gasteiger partial charge in [0.05, 0.1) is 16.6 Å². The van der Waals surface area contributed by atoms with E-state index in [-0.39, 0.29) is 11.4 Å². The molecular formula is C23H19FN4OS. The second kappa shape index (κ2) is 7.50. The molecule has 0 saturated carbocycles. The molecule has 0 aliphatic rings. The van der Waals surface area contributed by atoms with Crippen LogP contribution in [0.3, 0.4) is 0 Å². The zero-order chi connectivity index (χ0) is 20.7. The smallest absolute Gasteiger partial charge is 0.261 e. The number of hydrogen-bond donors (Lipinski definition) is 0. The first-order chi connectivity index (χ1) is 14.7. The van der Waals surface area contributed by atoms with Crippen molar-refractivity contribution in [3.8, 4) is 11.1 Å². The number of hydrogen-bond acceptors (Lipinski definition) is 4. The highest BCUT2D eigenvalue weighted by Crippen LogP contribution is 2.29. The molecule has 0 unspecified atom stereocenters. The molecule has 7 heteroatoms. The van der Waals surface area contributed by atoms with E-state index >= 15 is 0 Å². The van der Waals surface area contributed by atoms with Gasteiger partial charge in [0.15, 0.2) is 5.65 Å². The standard InChI is InChI=1S/C23H19FN4OS/c1-2-19-21(15-5-7-16(24)8-6-15)22-25-14-18-20(28(22)26-19)10-12-27(23(18)29)11-9-17-4-3-13-30-17/h3-8,10,12-14H,2,9,11H2,1H3. The van der Waals surface area contributed by atoms with Crippen LogP contribution in [0.5, 0.6) is 0 Å². The topological polar surface area (TPSA) is 52.2 Å². The summed E-state index contributed by atoms with van der Waals surface area (Å²) in [6.45, 7) is 2.64. The quantitative estimate of drug-likeness (QED) is 0.415. The van der Waals surface area contributed by atoms with E-state index in [1.807, 2.05) is 30.6 Å². The number of halogens is 1. The van der Waals surface area contributed by atoms with Crippen LogP contribution in [-0.2, 0) is 19.4 Å². The van der Waals surface area contributed by atoms with Crippen molar-refractivity contribution in [1.82, 2.24) is 19.2 Å². The van der Waals surface area contributed by atoms with Crippen LogP contribution in [0.2, 0.25) is 0 Å². The molecule has 0 aliphatic heterocycles. The van der Waals surface area contributed by atoms with Gasteiger partial charge in [-0.15, -0.1) is 11.3 Å². The third-order valence-corrected chi connectivity index (χ3v) is 6.24. The normalized spacial score (nSPS) is 11.5. The molecule has 4 heterocycles. The van der Waals surface area contributed by atoms with Gasteiger partial charge in [-0.25, -0.2) is 13.9 Å². The molecule has 0 aliphatic carbocycles. The van der Waals surface area contributed by atoms with Crippen molar-refractivity contribution >= 4 is 27.9 Å². The highest BCUT2D eigenvalue weighted by atomic mass is 32.1. The molecule has 30 heavy (non-hydrogen) atoms. The van der Waals surface area contributed by atoms with Crippen LogP contribution >= 0.6 is 11.3 Å². The molecule has 5 aromatic rings. The van der Waals surface area contributed by atoms with Gasteiger partial charge >= 0.3 is 0 Å². The molecule has 0 radical (unpaired) electrons. The summed E-state index contributed by atoms with van der Waals surface area (Å²) in [7, 11) is 0. The average molecular weight is 418 g/mol. The fraction of sp³-hybridized carbons (Fsp3) is 0.174. The second-order valence-corrected chi connectivity index (χ2v) is 8.15. The van der Waals surface area contributed by atoms with E-state index in [0.29, 0.717) is 24.0 Å². The Morgan fingerprint density at radius 1 is 1.13 bits per heavy atom. The molecule has 150 valence electrons. The van der Waals surface area contributed by atoms with Gasteiger partial charge in [0.25, 0.3) is 5.56 Å². The van der Waals surface area contributed by atoms with Crippen molar-refractivity contribution in [1.29, 1.82) is 0 Å². The lowest BCUT2D eigenvalue weighted by molar-refractivity contribution is 0.628. The number of rotatable bonds is 5. The maximum atomic E-state index is 13.4. The maximum absolute atomic E-state index is 13.4. The Bertz CT molecular complexity index is 1400. The van der Waals surface area contributed by atoms with Crippen LogP contribution in [0, 0.1) is 5.82 Å².